The average molecular weight is 364 g/mol. The summed E-state index contributed by atoms with van der Waals surface area (Å²) in [5.74, 6) is 2.08. The Balaban J connectivity index is 2.34. The quantitative estimate of drug-likeness (QED) is 0.747. The van der Waals surface area contributed by atoms with Gasteiger partial charge in [-0.25, -0.2) is 0 Å². The standard InChI is InChI=1S/C17H18BrNOS/c1-10(2)12-5-4-11(3)16(9-12)20-15-7-6-13(17(19)21)8-14(15)18/h4-10H,1-3H3,(H2,19,21). The minimum atomic E-state index is 0.375. The van der Waals surface area contributed by atoms with Crippen molar-refractivity contribution in [1.29, 1.82) is 0 Å². The molecular weight excluding hydrogens is 346 g/mol. The van der Waals surface area contributed by atoms with Crippen LogP contribution in [-0.2, 0) is 0 Å². The molecule has 0 heterocycles. The number of ether oxygens (including phenoxy) is 1. The minimum Gasteiger partial charge on any atom is -0.456 e. The largest absolute Gasteiger partial charge is 0.456 e. The zero-order valence-electron chi connectivity index (χ0n) is 12.3. The summed E-state index contributed by atoms with van der Waals surface area (Å²) in [5.41, 5.74) is 8.81. The van der Waals surface area contributed by atoms with Gasteiger partial charge in [-0.15, -0.1) is 0 Å². The van der Waals surface area contributed by atoms with Crippen molar-refractivity contribution in [2.24, 2.45) is 5.73 Å². The molecule has 0 saturated heterocycles. The molecule has 0 bridgehead atoms. The van der Waals surface area contributed by atoms with Crippen molar-refractivity contribution in [3.63, 3.8) is 0 Å². The Morgan fingerprint density at radius 3 is 2.43 bits per heavy atom. The Hall–Kier alpha value is -1.39. The molecule has 0 aliphatic carbocycles. The first-order chi connectivity index (χ1) is 9.88. The molecule has 2 aromatic rings. The Kier molecular flexibility index (Phi) is 5.01. The molecule has 0 fully saturated rings. The fourth-order valence-corrected chi connectivity index (χ4v) is 2.53. The number of rotatable bonds is 4. The second-order valence-electron chi connectivity index (χ2n) is 5.29. The minimum absolute atomic E-state index is 0.375. The maximum absolute atomic E-state index is 6.03. The SMILES string of the molecule is Cc1ccc(C(C)C)cc1Oc1ccc(C(N)=S)cc1Br. The van der Waals surface area contributed by atoms with Crippen molar-refractivity contribution in [2.45, 2.75) is 26.7 Å². The molecule has 110 valence electrons. The van der Waals surface area contributed by atoms with E-state index in [4.69, 9.17) is 22.7 Å². The maximum atomic E-state index is 6.03. The molecule has 2 aromatic carbocycles. The van der Waals surface area contributed by atoms with Gasteiger partial charge >= 0.3 is 0 Å². The van der Waals surface area contributed by atoms with Gasteiger partial charge in [-0.05, 0) is 64.2 Å². The first kappa shape index (κ1) is 16.0. The summed E-state index contributed by atoms with van der Waals surface area (Å²) in [5, 5.41) is 0. The van der Waals surface area contributed by atoms with E-state index in [2.05, 4.69) is 48.0 Å². The lowest BCUT2D eigenvalue weighted by atomic mass is 10.0. The lowest BCUT2D eigenvalue weighted by Crippen LogP contribution is -2.09. The van der Waals surface area contributed by atoms with Crippen LogP contribution in [0.25, 0.3) is 0 Å². The number of aryl methyl sites for hydroxylation is 1. The smallest absolute Gasteiger partial charge is 0.141 e. The molecule has 0 aliphatic rings. The van der Waals surface area contributed by atoms with E-state index in [-0.39, 0.29) is 0 Å². The monoisotopic (exact) mass is 363 g/mol. The lowest BCUT2D eigenvalue weighted by molar-refractivity contribution is 0.475. The molecule has 4 heteroatoms. The maximum Gasteiger partial charge on any atom is 0.141 e. The number of halogens is 1. The van der Waals surface area contributed by atoms with Crippen molar-refractivity contribution >= 4 is 33.1 Å². The predicted molar refractivity (Wildman–Crippen MR) is 95.4 cm³/mol. The van der Waals surface area contributed by atoms with Crippen LogP contribution in [0.2, 0.25) is 0 Å². The number of hydrogen-bond donors (Lipinski definition) is 1. The summed E-state index contributed by atoms with van der Waals surface area (Å²) in [6.45, 7) is 6.37. The molecule has 0 amide bonds. The van der Waals surface area contributed by atoms with Crippen molar-refractivity contribution in [3.05, 3.63) is 57.6 Å². The van der Waals surface area contributed by atoms with Crippen LogP contribution in [0.1, 0.15) is 36.5 Å². The second-order valence-corrected chi connectivity index (χ2v) is 6.59. The van der Waals surface area contributed by atoms with Gasteiger partial charge in [0.25, 0.3) is 0 Å². The number of hydrogen-bond acceptors (Lipinski definition) is 2. The molecule has 0 saturated carbocycles. The lowest BCUT2D eigenvalue weighted by Gasteiger charge is -2.14. The highest BCUT2D eigenvalue weighted by Crippen LogP contribution is 2.33. The average Bonchev–Trinajstić information content (AvgIpc) is 2.42. The zero-order valence-corrected chi connectivity index (χ0v) is 14.7. The van der Waals surface area contributed by atoms with Crippen molar-refractivity contribution in [1.82, 2.24) is 0 Å². The van der Waals surface area contributed by atoms with Crippen LogP contribution in [0.3, 0.4) is 0 Å². The molecule has 0 aliphatic heterocycles. The molecular formula is C17H18BrNOS. The van der Waals surface area contributed by atoms with Crippen LogP contribution in [0.5, 0.6) is 11.5 Å². The summed E-state index contributed by atoms with van der Waals surface area (Å²) in [6.07, 6.45) is 0. The number of benzene rings is 2. The molecule has 21 heavy (non-hydrogen) atoms. The highest BCUT2D eigenvalue weighted by molar-refractivity contribution is 9.10. The fourth-order valence-electron chi connectivity index (χ4n) is 1.94. The van der Waals surface area contributed by atoms with Crippen LogP contribution in [-0.4, -0.2) is 4.99 Å². The molecule has 0 radical (unpaired) electrons. The van der Waals surface area contributed by atoms with E-state index < -0.39 is 0 Å². The summed E-state index contributed by atoms with van der Waals surface area (Å²) in [7, 11) is 0. The molecule has 0 aromatic heterocycles. The van der Waals surface area contributed by atoms with Gasteiger partial charge in [-0.3, -0.25) is 0 Å². The van der Waals surface area contributed by atoms with Crippen LogP contribution < -0.4 is 10.5 Å². The Bertz CT molecular complexity index is 682. The van der Waals surface area contributed by atoms with Gasteiger partial charge in [-0.1, -0.05) is 38.2 Å². The van der Waals surface area contributed by atoms with Gasteiger partial charge in [0, 0.05) is 5.56 Å². The third-order valence-corrected chi connectivity index (χ3v) is 4.17. The highest BCUT2D eigenvalue weighted by Gasteiger charge is 2.09. The molecule has 0 unspecified atom stereocenters. The summed E-state index contributed by atoms with van der Waals surface area (Å²) >= 11 is 8.48. The molecule has 0 spiro atoms. The van der Waals surface area contributed by atoms with Crippen LogP contribution >= 0.6 is 28.1 Å². The molecule has 0 atom stereocenters. The first-order valence-electron chi connectivity index (χ1n) is 6.76. The van der Waals surface area contributed by atoms with Gasteiger partial charge < -0.3 is 10.5 Å². The molecule has 2 rings (SSSR count). The number of nitrogens with two attached hydrogens (primary N) is 1. The normalized spacial score (nSPS) is 10.7. The van der Waals surface area contributed by atoms with Crippen molar-refractivity contribution < 1.29 is 4.74 Å². The van der Waals surface area contributed by atoms with Gasteiger partial charge in [-0.2, -0.15) is 0 Å². The highest BCUT2D eigenvalue weighted by atomic mass is 79.9. The van der Waals surface area contributed by atoms with Crippen LogP contribution in [0.15, 0.2) is 40.9 Å². The van der Waals surface area contributed by atoms with Crippen molar-refractivity contribution in [2.75, 3.05) is 0 Å². The Morgan fingerprint density at radius 1 is 1.14 bits per heavy atom. The summed E-state index contributed by atoms with van der Waals surface area (Å²) < 4.78 is 6.87. The van der Waals surface area contributed by atoms with Gasteiger partial charge in [0.2, 0.25) is 0 Å². The van der Waals surface area contributed by atoms with E-state index in [0.717, 1.165) is 27.1 Å². The summed E-state index contributed by atoms with van der Waals surface area (Å²) in [4.78, 5) is 0.375. The third kappa shape index (κ3) is 3.83. The van der Waals surface area contributed by atoms with Gasteiger partial charge in [0.1, 0.15) is 16.5 Å². The Labute approximate surface area is 139 Å². The van der Waals surface area contributed by atoms with E-state index in [9.17, 15) is 0 Å². The number of thiocarbonyl (C=S) groups is 1. The topological polar surface area (TPSA) is 35.2 Å². The third-order valence-electron chi connectivity index (χ3n) is 3.32. The zero-order chi connectivity index (χ0) is 15.6. The fraction of sp³-hybridized carbons (Fsp3) is 0.235. The first-order valence-corrected chi connectivity index (χ1v) is 7.96. The van der Waals surface area contributed by atoms with Gasteiger partial charge in [0.05, 0.1) is 4.47 Å². The van der Waals surface area contributed by atoms with Gasteiger partial charge in [0.15, 0.2) is 0 Å². The van der Waals surface area contributed by atoms with E-state index >= 15 is 0 Å². The van der Waals surface area contributed by atoms with Crippen LogP contribution in [0, 0.1) is 6.92 Å². The second kappa shape index (κ2) is 6.58. The summed E-state index contributed by atoms with van der Waals surface area (Å²) in [6, 6.07) is 11.9. The van der Waals surface area contributed by atoms with Crippen molar-refractivity contribution in [3.8, 4) is 11.5 Å². The molecule has 2 N–H and O–H groups in total. The molecule has 2 nitrogen and oxygen atoms in total. The Morgan fingerprint density at radius 2 is 1.86 bits per heavy atom. The van der Waals surface area contributed by atoms with E-state index in [1.54, 1.807) is 0 Å². The van der Waals surface area contributed by atoms with Crippen LogP contribution in [0.4, 0.5) is 0 Å². The van der Waals surface area contributed by atoms with E-state index in [0.29, 0.717) is 10.9 Å². The van der Waals surface area contributed by atoms with E-state index in [1.807, 2.05) is 25.1 Å². The van der Waals surface area contributed by atoms with E-state index in [1.165, 1.54) is 5.56 Å². The predicted octanol–water partition coefficient (Wildman–Crippen LogP) is 5.31.